The van der Waals surface area contributed by atoms with Crippen molar-refractivity contribution in [3.8, 4) is 18.2 Å². The smallest absolute Gasteiger partial charge is 0.243 e. The zero-order valence-corrected chi connectivity index (χ0v) is 16.5. The van der Waals surface area contributed by atoms with Crippen molar-refractivity contribution in [2.45, 2.75) is 31.7 Å². The van der Waals surface area contributed by atoms with Crippen molar-refractivity contribution < 1.29 is 9.47 Å². The highest BCUT2D eigenvalue weighted by atomic mass is 16.7. The number of aryl methyl sites for hydroxylation is 1. The van der Waals surface area contributed by atoms with E-state index in [4.69, 9.17) is 14.9 Å². The van der Waals surface area contributed by atoms with Gasteiger partial charge in [-0.3, -0.25) is 5.41 Å². The Morgan fingerprint density at radius 1 is 0.933 bits per heavy atom. The summed E-state index contributed by atoms with van der Waals surface area (Å²) in [6.45, 7) is 1.72. The second kappa shape index (κ2) is 6.99. The maximum Gasteiger partial charge on any atom is 0.243 e. The fraction of sp³-hybridized carbons (Fsp3) is 0.333. The number of hydrogen-bond acceptors (Lipinski definition) is 6. The third-order valence-corrected chi connectivity index (χ3v) is 6.50. The Morgan fingerprint density at radius 2 is 1.53 bits per heavy atom. The highest BCUT2D eigenvalue weighted by Gasteiger charge is 2.79. The van der Waals surface area contributed by atoms with Crippen LogP contribution in [0.25, 0.3) is 0 Å². The van der Waals surface area contributed by atoms with Crippen molar-refractivity contribution in [1.82, 2.24) is 0 Å². The van der Waals surface area contributed by atoms with Crippen molar-refractivity contribution in [2.75, 3.05) is 0 Å². The highest BCUT2D eigenvalue weighted by Crippen LogP contribution is 2.65. The van der Waals surface area contributed by atoms with Crippen molar-refractivity contribution in [3.05, 3.63) is 71.8 Å². The Kier molecular flexibility index (Phi) is 4.58. The van der Waals surface area contributed by atoms with E-state index in [2.05, 4.69) is 18.2 Å². The Bertz CT molecular complexity index is 1080. The molecule has 2 fully saturated rings. The van der Waals surface area contributed by atoms with Crippen LogP contribution in [0, 0.1) is 56.2 Å². The molecule has 2 aliphatic heterocycles. The van der Waals surface area contributed by atoms with E-state index < -0.39 is 28.6 Å². The van der Waals surface area contributed by atoms with E-state index in [1.165, 1.54) is 0 Å². The van der Waals surface area contributed by atoms with Crippen LogP contribution in [0.5, 0.6) is 0 Å². The minimum atomic E-state index is -1.86. The van der Waals surface area contributed by atoms with Crippen LogP contribution in [-0.2, 0) is 21.7 Å². The summed E-state index contributed by atoms with van der Waals surface area (Å²) in [7, 11) is 0. The molecule has 0 amide bonds. The summed E-state index contributed by atoms with van der Waals surface area (Å²) in [5, 5.41) is 39.1. The summed E-state index contributed by atoms with van der Waals surface area (Å²) in [4.78, 5) is 0. The molecule has 6 heteroatoms. The van der Waals surface area contributed by atoms with Crippen molar-refractivity contribution >= 4 is 5.90 Å². The lowest BCUT2D eigenvalue weighted by Crippen LogP contribution is -2.61. The Labute approximate surface area is 175 Å². The van der Waals surface area contributed by atoms with Crippen LogP contribution < -0.4 is 0 Å². The third-order valence-electron chi connectivity index (χ3n) is 6.50. The van der Waals surface area contributed by atoms with Crippen molar-refractivity contribution in [2.24, 2.45) is 16.7 Å². The van der Waals surface area contributed by atoms with Gasteiger partial charge in [0.1, 0.15) is 0 Å². The van der Waals surface area contributed by atoms with Crippen molar-refractivity contribution in [1.29, 1.82) is 21.2 Å². The number of benzene rings is 2. The molecular weight excluding hydrogens is 376 g/mol. The first-order valence-electron chi connectivity index (χ1n) is 9.80. The second-order valence-electron chi connectivity index (χ2n) is 7.77. The van der Waals surface area contributed by atoms with Gasteiger partial charge in [-0.1, -0.05) is 67.6 Å². The van der Waals surface area contributed by atoms with Gasteiger partial charge in [0.15, 0.2) is 10.8 Å². The first-order chi connectivity index (χ1) is 14.5. The van der Waals surface area contributed by atoms with E-state index in [9.17, 15) is 15.8 Å². The molecule has 2 aliphatic rings. The average Bonchev–Trinajstić information content (AvgIpc) is 2.96. The quantitative estimate of drug-likeness (QED) is 0.837. The molecule has 0 saturated carbocycles. The lowest BCUT2D eigenvalue weighted by molar-refractivity contribution is -0.286. The normalized spacial score (nSPS) is 31.1. The zero-order valence-electron chi connectivity index (χ0n) is 16.5. The van der Waals surface area contributed by atoms with Gasteiger partial charge in [-0.2, -0.15) is 15.8 Å². The van der Waals surface area contributed by atoms with Crippen molar-refractivity contribution in [3.63, 3.8) is 0 Å². The van der Waals surface area contributed by atoms with Crippen LogP contribution in [0.15, 0.2) is 60.7 Å². The molecule has 0 radical (unpaired) electrons. The number of fused-ring (bicyclic) bond motifs is 2. The minimum Gasteiger partial charge on any atom is -0.443 e. The first kappa shape index (κ1) is 19.6. The molecule has 30 heavy (non-hydrogen) atoms. The molecule has 0 aliphatic carbocycles. The Morgan fingerprint density at radius 3 is 2.10 bits per heavy atom. The van der Waals surface area contributed by atoms with Crippen LogP contribution in [0.3, 0.4) is 0 Å². The molecule has 2 aromatic carbocycles. The van der Waals surface area contributed by atoms with Crippen LogP contribution >= 0.6 is 0 Å². The first-order valence-corrected chi connectivity index (χ1v) is 9.80. The average molecular weight is 396 g/mol. The molecule has 4 atom stereocenters. The minimum absolute atomic E-state index is 0.340. The molecule has 4 unspecified atom stereocenters. The molecular formula is C24H20N4O2. The summed E-state index contributed by atoms with van der Waals surface area (Å²) < 4.78 is 12.4. The van der Waals surface area contributed by atoms with E-state index in [0.717, 1.165) is 5.56 Å². The predicted octanol–water partition coefficient (Wildman–Crippen LogP) is 4.06. The maximum absolute atomic E-state index is 10.2. The van der Waals surface area contributed by atoms with Crippen LogP contribution in [0.4, 0.5) is 0 Å². The Hall–Kier alpha value is -3.66. The van der Waals surface area contributed by atoms with Gasteiger partial charge in [0.05, 0.1) is 30.2 Å². The van der Waals surface area contributed by atoms with Gasteiger partial charge < -0.3 is 9.47 Å². The molecule has 0 aromatic heterocycles. The van der Waals surface area contributed by atoms with Crippen LogP contribution in [0.1, 0.15) is 24.5 Å². The van der Waals surface area contributed by atoms with Gasteiger partial charge in [0.25, 0.3) is 0 Å². The predicted molar refractivity (Wildman–Crippen MR) is 107 cm³/mol. The van der Waals surface area contributed by atoms with Crippen LogP contribution in [-0.4, -0.2) is 12.0 Å². The SMILES string of the molecule is CC1C2(c3ccccc3)OC(=N)C1(C#N)C(C#N)(C#N)C(CCc1ccccc1)O2. The molecule has 2 bridgehead atoms. The number of nitriles is 3. The van der Waals surface area contributed by atoms with E-state index in [0.29, 0.717) is 18.4 Å². The molecule has 6 nitrogen and oxygen atoms in total. The lowest BCUT2D eigenvalue weighted by Gasteiger charge is -2.48. The second-order valence-corrected chi connectivity index (χ2v) is 7.77. The van der Waals surface area contributed by atoms with E-state index in [1.54, 1.807) is 6.92 Å². The number of hydrogen-bond donors (Lipinski definition) is 1. The van der Waals surface area contributed by atoms with E-state index >= 15 is 0 Å². The van der Waals surface area contributed by atoms with Gasteiger partial charge in [-0.05, 0) is 18.4 Å². The number of nitrogens with zero attached hydrogens (tertiary/aromatic N) is 3. The molecule has 2 aromatic rings. The third kappa shape index (κ3) is 2.34. The Balaban J connectivity index is 1.86. The largest absolute Gasteiger partial charge is 0.443 e. The molecule has 2 heterocycles. The van der Waals surface area contributed by atoms with Crippen LogP contribution in [0.2, 0.25) is 0 Å². The zero-order chi connectivity index (χ0) is 21.4. The number of nitrogens with one attached hydrogen (secondary N) is 1. The lowest BCUT2D eigenvalue weighted by atomic mass is 9.53. The van der Waals surface area contributed by atoms with Gasteiger partial charge >= 0.3 is 0 Å². The molecule has 2 saturated heterocycles. The monoisotopic (exact) mass is 396 g/mol. The standard InChI is InChI=1S/C24H20N4O2/c1-17-23(16-27)21(28)30-24(17,19-10-6-3-7-11-19)29-20(22(23,14-25)15-26)13-12-18-8-4-2-5-9-18/h2-11,17,20,28H,12-13H2,1H3. The topological polar surface area (TPSA) is 114 Å². The summed E-state index contributed by atoms with van der Waals surface area (Å²) in [6.07, 6.45) is -0.0105. The fourth-order valence-electron chi connectivity index (χ4n) is 4.85. The van der Waals surface area contributed by atoms with E-state index in [1.807, 2.05) is 60.7 Å². The van der Waals surface area contributed by atoms with Gasteiger partial charge in [0.2, 0.25) is 11.7 Å². The summed E-state index contributed by atoms with van der Waals surface area (Å²) >= 11 is 0. The summed E-state index contributed by atoms with van der Waals surface area (Å²) in [5.74, 6) is -2.50. The molecule has 148 valence electrons. The van der Waals surface area contributed by atoms with Gasteiger partial charge in [0, 0.05) is 5.56 Å². The number of ether oxygens (including phenoxy) is 2. The van der Waals surface area contributed by atoms with E-state index in [-0.39, 0.29) is 5.90 Å². The molecule has 0 spiro atoms. The van der Waals surface area contributed by atoms with Gasteiger partial charge in [-0.15, -0.1) is 0 Å². The molecule has 1 N–H and O–H groups in total. The summed E-state index contributed by atoms with van der Waals surface area (Å²) in [6, 6.07) is 25.1. The highest BCUT2D eigenvalue weighted by molar-refractivity contribution is 5.89. The maximum atomic E-state index is 10.2. The van der Waals surface area contributed by atoms with Gasteiger partial charge in [-0.25, -0.2) is 0 Å². The fourth-order valence-corrected chi connectivity index (χ4v) is 4.85. The summed E-state index contributed by atoms with van der Waals surface area (Å²) in [5.41, 5.74) is -1.89. The molecule has 4 rings (SSSR count). The number of rotatable bonds is 4.